The summed E-state index contributed by atoms with van der Waals surface area (Å²) in [4.78, 5) is 91.4. The first-order valence-electron chi connectivity index (χ1n) is 18.2. The molecule has 1 aromatic rings. The smallest absolute Gasteiger partial charge is 0.289 e. The predicted octanol–water partition coefficient (Wildman–Crippen LogP) is 4.17. The van der Waals surface area contributed by atoms with Crippen molar-refractivity contribution in [2.45, 2.75) is 150 Å². The van der Waals surface area contributed by atoms with Crippen LogP contribution in [0.2, 0.25) is 0 Å². The van der Waals surface area contributed by atoms with Crippen molar-refractivity contribution in [1.29, 1.82) is 0 Å². The van der Waals surface area contributed by atoms with Crippen LogP contribution in [-0.4, -0.2) is 86.9 Å². The van der Waals surface area contributed by atoms with E-state index in [0.29, 0.717) is 19.4 Å². The number of hydrogen-bond donors (Lipinski definition) is 4. The summed E-state index contributed by atoms with van der Waals surface area (Å²) in [5, 5.41) is 11.5. The summed E-state index contributed by atoms with van der Waals surface area (Å²) >= 11 is 0. The van der Waals surface area contributed by atoms with E-state index < -0.39 is 59.0 Å². The third-order valence-electron chi connectivity index (χ3n) is 10.7. The minimum absolute atomic E-state index is 0. The van der Waals surface area contributed by atoms with Gasteiger partial charge in [-0.25, -0.2) is 4.98 Å². The Morgan fingerprint density at radius 3 is 2.05 bits per heavy atom. The van der Waals surface area contributed by atoms with Crippen molar-refractivity contribution in [3.8, 4) is 0 Å². The third kappa shape index (κ3) is 13.8. The van der Waals surface area contributed by atoms with Crippen LogP contribution in [0.5, 0.6) is 0 Å². The molecular weight excluding hydrogens is 779 g/mol. The molecule has 3 aliphatic carbocycles. The van der Waals surface area contributed by atoms with E-state index in [9.17, 15) is 28.8 Å². The number of aromatic nitrogens is 2. The molecule has 4 N–H and O–H groups in total. The topological polar surface area (TPSA) is 180 Å². The molecular formula is C38H69N7O6S4. The Balaban J connectivity index is 0. The van der Waals surface area contributed by atoms with Gasteiger partial charge >= 0.3 is 0 Å². The zero-order valence-corrected chi connectivity index (χ0v) is 35.3. The number of hydrogen-bond acceptors (Lipinski definition) is 8. The summed E-state index contributed by atoms with van der Waals surface area (Å²) in [5.74, 6) is -3.20. The van der Waals surface area contributed by atoms with Crippen LogP contribution in [0.25, 0.3) is 0 Å². The standard InChI is InChI=1S/C36H53N7O6.2CH4.4H2S/c1-5-10-25(29(44)34(48)39-23-15-16-23)40-33(47)28-24-14-9-13-22(24)20-43(28)35(49)30(36(2,3)4)42-32(46)27(21-11-7-6-8-12-21)41-31(45)26-19-37-17-18-38-26;;;;;;/h17-19,21-25,27-28,30H,5-16,20H2,1-4H3,(H,39,48)(H,40,47)(H,41,45)(H,42,46);2*1H4;4*1H2/t22-,24+,25-,27-,28-,30+;;;;;;/m0....../s1. The van der Waals surface area contributed by atoms with Crippen LogP contribution >= 0.6 is 54.0 Å². The van der Waals surface area contributed by atoms with E-state index in [1.807, 2.05) is 27.7 Å². The average molecular weight is 848 g/mol. The number of carbonyl (C=O) groups excluding carboxylic acids is 6. The van der Waals surface area contributed by atoms with Crippen molar-refractivity contribution >= 4 is 89.3 Å². The molecule has 17 heteroatoms. The highest BCUT2D eigenvalue weighted by Crippen LogP contribution is 2.43. The lowest BCUT2D eigenvalue weighted by atomic mass is 9.82. The average Bonchev–Trinajstić information content (AvgIpc) is 3.65. The number of amides is 5. The Hall–Kier alpha value is -2.50. The van der Waals surface area contributed by atoms with Crippen LogP contribution in [0.1, 0.15) is 130 Å². The number of nitrogens with one attached hydrogen (secondary N) is 4. The van der Waals surface area contributed by atoms with Crippen molar-refractivity contribution in [3.63, 3.8) is 0 Å². The van der Waals surface area contributed by atoms with E-state index in [2.05, 4.69) is 31.2 Å². The van der Waals surface area contributed by atoms with Gasteiger partial charge in [-0.05, 0) is 68.1 Å². The van der Waals surface area contributed by atoms with Gasteiger partial charge in [-0.1, -0.05) is 74.7 Å². The second-order valence-electron chi connectivity index (χ2n) is 15.5. The normalized spacial score (nSPS) is 21.6. The summed E-state index contributed by atoms with van der Waals surface area (Å²) in [5.41, 5.74) is -0.638. The molecule has 5 rings (SSSR count). The molecule has 13 nitrogen and oxygen atoms in total. The number of Topliss-reactive ketones (excluding diaryl/α,β-unsaturated/α-hetero) is 1. The van der Waals surface area contributed by atoms with Gasteiger partial charge in [0.15, 0.2) is 0 Å². The Bertz CT molecular complexity index is 1410. The lowest BCUT2D eigenvalue weighted by molar-refractivity contribution is -0.146. The lowest BCUT2D eigenvalue weighted by Gasteiger charge is -2.38. The fraction of sp³-hybridized carbons (Fsp3) is 0.737. The van der Waals surface area contributed by atoms with Crippen LogP contribution in [0, 0.1) is 23.2 Å². The number of ketones is 1. The van der Waals surface area contributed by atoms with Gasteiger partial charge in [0.05, 0.1) is 12.2 Å². The molecule has 1 aromatic heterocycles. The summed E-state index contributed by atoms with van der Waals surface area (Å²) in [6.45, 7) is 7.85. The van der Waals surface area contributed by atoms with E-state index in [0.717, 1.165) is 64.2 Å². The van der Waals surface area contributed by atoms with E-state index in [4.69, 9.17) is 0 Å². The Kier molecular flexibility index (Phi) is 24.1. The minimum Gasteiger partial charge on any atom is -0.347 e. The summed E-state index contributed by atoms with van der Waals surface area (Å²) in [7, 11) is 0. The van der Waals surface area contributed by atoms with Gasteiger partial charge in [-0.3, -0.25) is 33.8 Å². The molecule has 0 aromatic carbocycles. The van der Waals surface area contributed by atoms with E-state index >= 15 is 0 Å². The molecule has 0 spiro atoms. The van der Waals surface area contributed by atoms with Crippen molar-refractivity contribution in [3.05, 3.63) is 24.3 Å². The Labute approximate surface area is 356 Å². The molecule has 1 aliphatic heterocycles. The van der Waals surface area contributed by atoms with Crippen LogP contribution in [-0.2, 0) is 24.0 Å². The lowest BCUT2D eigenvalue weighted by Crippen LogP contribution is -2.62. The molecule has 4 fully saturated rings. The van der Waals surface area contributed by atoms with Crippen LogP contribution in [0.3, 0.4) is 0 Å². The molecule has 5 amide bonds. The number of fused-ring (bicyclic) bond motifs is 1. The highest BCUT2D eigenvalue weighted by atomic mass is 32.1. The molecule has 3 saturated carbocycles. The molecule has 55 heavy (non-hydrogen) atoms. The second-order valence-corrected chi connectivity index (χ2v) is 15.5. The van der Waals surface area contributed by atoms with Gasteiger partial charge in [0.1, 0.15) is 23.8 Å². The van der Waals surface area contributed by atoms with Crippen molar-refractivity contribution in [1.82, 2.24) is 36.1 Å². The maximum Gasteiger partial charge on any atom is 0.289 e. The first kappa shape index (κ1) is 54.6. The molecule has 2 heterocycles. The zero-order chi connectivity index (χ0) is 35.3. The van der Waals surface area contributed by atoms with Crippen LogP contribution in [0.4, 0.5) is 0 Å². The number of nitrogens with zero attached hydrogens (tertiary/aromatic N) is 3. The quantitative estimate of drug-likeness (QED) is 0.214. The summed E-state index contributed by atoms with van der Waals surface area (Å²) in [6, 6.07) is -3.68. The monoisotopic (exact) mass is 847 g/mol. The number of rotatable bonds is 13. The molecule has 0 radical (unpaired) electrons. The first-order valence-corrected chi connectivity index (χ1v) is 18.2. The highest BCUT2D eigenvalue weighted by molar-refractivity contribution is 7.59. The third-order valence-corrected chi connectivity index (χ3v) is 10.7. The van der Waals surface area contributed by atoms with E-state index in [1.54, 1.807) is 4.90 Å². The maximum atomic E-state index is 14.6. The molecule has 0 unspecified atom stereocenters. The van der Waals surface area contributed by atoms with Crippen molar-refractivity contribution < 1.29 is 28.8 Å². The van der Waals surface area contributed by atoms with Crippen LogP contribution < -0.4 is 21.3 Å². The van der Waals surface area contributed by atoms with E-state index in [1.165, 1.54) is 18.6 Å². The fourth-order valence-electron chi connectivity index (χ4n) is 7.87. The molecule has 6 atom stereocenters. The van der Waals surface area contributed by atoms with Gasteiger partial charge in [0.2, 0.25) is 23.5 Å². The largest absolute Gasteiger partial charge is 0.347 e. The molecule has 4 aliphatic rings. The van der Waals surface area contributed by atoms with Gasteiger partial charge < -0.3 is 26.2 Å². The maximum absolute atomic E-state index is 14.6. The molecule has 316 valence electrons. The van der Waals surface area contributed by atoms with Crippen molar-refractivity contribution in [2.75, 3.05) is 6.54 Å². The number of carbonyl (C=O) groups is 6. The fourth-order valence-corrected chi connectivity index (χ4v) is 7.87. The highest BCUT2D eigenvalue weighted by Gasteiger charge is 2.52. The minimum atomic E-state index is -0.994. The molecule has 0 bridgehead atoms. The summed E-state index contributed by atoms with van der Waals surface area (Å²) in [6.07, 6.45) is 13.9. The summed E-state index contributed by atoms with van der Waals surface area (Å²) < 4.78 is 0. The number of likely N-dealkylation sites (tertiary alicyclic amines) is 1. The SMILES string of the molecule is C.C.CCC[C@H](NC(=O)[C@@H]1[C@@H]2CCC[C@H]2CN1C(=O)[C@@H](NC(=O)[C@@H](NC(=O)c1cnccn1)C1CCCCC1)C(C)(C)C)C(=O)C(=O)NC1CC1.S.S.S.S. The second kappa shape index (κ2) is 24.3. The van der Waals surface area contributed by atoms with Crippen LogP contribution in [0.15, 0.2) is 18.6 Å². The van der Waals surface area contributed by atoms with Gasteiger partial charge in [0.25, 0.3) is 11.8 Å². The first-order chi connectivity index (χ1) is 23.4. The van der Waals surface area contributed by atoms with Gasteiger partial charge in [0, 0.05) is 25.0 Å². The Morgan fingerprint density at radius 2 is 1.49 bits per heavy atom. The molecule has 1 saturated heterocycles. The van der Waals surface area contributed by atoms with E-state index in [-0.39, 0.29) is 104 Å². The Morgan fingerprint density at radius 1 is 0.836 bits per heavy atom. The van der Waals surface area contributed by atoms with Gasteiger partial charge in [-0.15, -0.1) is 0 Å². The van der Waals surface area contributed by atoms with Crippen molar-refractivity contribution in [2.24, 2.45) is 23.2 Å². The zero-order valence-electron chi connectivity index (χ0n) is 31.3. The predicted molar refractivity (Wildman–Crippen MR) is 236 cm³/mol. The van der Waals surface area contributed by atoms with Gasteiger partial charge in [-0.2, -0.15) is 54.0 Å².